The van der Waals surface area contributed by atoms with Gasteiger partial charge in [-0.2, -0.15) is 18.3 Å². The number of alkyl halides is 3. The predicted octanol–water partition coefficient (Wildman–Crippen LogP) is 5.20. The van der Waals surface area contributed by atoms with Crippen molar-refractivity contribution in [1.29, 1.82) is 0 Å². The number of aromatic nitrogens is 1. The molecule has 0 amide bonds. The zero-order chi connectivity index (χ0) is 21.2. The Morgan fingerprint density at radius 3 is 2.28 bits per heavy atom. The maximum absolute atomic E-state index is 13.4. The number of pyridine rings is 1. The highest BCUT2D eigenvalue weighted by molar-refractivity contribution is 6.30. The van der Waals surface area contributed by atoms with Gasteiger partial charge in [-0.15, -0.1) is 0 Å². The molecule has 2 N–H and O–H groups in total. The lowest BCUT2D eigenvalue weighted by atomic mass is 9.99. The number of anilines is 1. The van der Waals surface area contributed by atoms with Gasteiger partial charge in [0.15, 0.2) is 0 Å². The van der Waals surface area contributed by atoms with Gasteiger partial charge in [-0.1, -0.05) is 41.9 Å². The van der Waals surface area contributed by atoms with Crippen molar-refractivity contribution < 1.29 is 13.2 Å². The molecular weight excluding hydrogens is 401 g/mol. The first-order valence-corrected chi connectivity index (χ1v) is 8.98. The Hall–Kier alpha value is -3.06. The van der Waals surface area contributed by atoms with E-state index in [4.69, 9.17) is 17.4 Å². The predicted molar refractivity (Wildman–Crippen MR) is 110 cm³/mol. The largest absolute Gasteiger partial charge is 0.416 e. The Labute approximate surface area is 171 Å². The molecule has 0 aliphatic carbocycles. The summed E-state index contributed by atoms with van der Waals surface area (Å²) in [5.41, 5.74) is 1.84. The molecule has 0 saturated carbocycles. The Morgan fingerprint density at radius 1 is 1.00 bits per heavy atom. The SMILES string of the molecule is CN(C)c1cc(C(F)(F)F)cc(-c2cccc(/C(=N\N)c3ccc(Cl)cc3)c2)n1. The van der Waals surface area contributed by atoms with Crippen molar-refractivity contribution >= 4 is 23.1 Å². The number of hydrogen-bond donors (Lipinski definition) is 1. The van der Waals surface area contributed by atoms with E-state index in [-0.39, 0.29) is 11.5 Å². The van der Waals surface area contributed by atoms with Gasteiger partial charge in [-0.25, -0.2) is 4.98 Å². The van der Waals surface area contributed by atoms with Crippen LogP contribution in [0.25, 0.3) is 11.3 Å². The third-order valence-electron chi connectivity index (χ3n) is 4.28. The zero-order valence-corrected chi connectivity index (χ0v) is 16.5. The fourth-order valence-corrected chi connectivity index (χ4v) is 2.93. The summed E-state index contributed by atoms with van der Waals surface area (Å²) < 4.78 is 40.1. The van der Waals surface area contributed by atoms with Crippen molar-refractivity contribution in [2.24, 2.45) is 10.9 Å². The summed E-state index contributed by atoms with van der Waals surface area (Å²) >= 11 is 5.93. The molecule has 0 fully saturated rings. The zero-order valence-electron chi connectivity index (χ0n) is 15.7. The number of benzene rings is 2. The lowest BCUT2D eigenvalue weighted by Gasteiger charge is -2.16. The molecule has 1 aromatic heterocycles. The number of hydrazone groups is 1. The highest BCUT2D eigenvalue weighted by Gasteiger charge is 2.32. The summed E-state index contributed by atoms with van der Waals surface area (Å²) in [6.45, 7) is 0. The van der Waals surface area contributed by atoms with E-state index in [1.807, 2.05) is 0 Å². The van der Waals surface area contributed by atoms with Crippen LogP contribution < -0.4 is 10.7 Å². The summed E-state index contributed by atoms with van der Waals surface area (Å²) in [5, 5.41) is 4.43. The number of nitrogens with two attached hydrogens (primary N) is 1. The molecular formula is C21H18ClF3N4. The third-order valence-corrected chi connectivity index (χ3v) is 4.53. The minimum Gasteiger partial charge on any atom is -0.363 e. The van der Waals surface area contributed by atoms with Gasteiger partial charge < -0.3 is 10.7 Å². The molecule has 0 spiro atoms. The number of rotatable bonds is 4. The van der Waals surface area contributed by atoms with Crippen LogP contribution in [-0.4, -0.2) is 24.8 Å². The molecule has 0 radical (unpaired) electrons. The van der Waals surface area contributed by atoms with E-state index in [1.165, 1.54) is 4.90 Å². The van der Waals surface area contributed by atoms with Gasteiger partial charge in [-0.05, 0) is 30.3 Å². The van der Waals surface area contributed by atoms with Crippen molar-refractivity contribution in [3.8, 4) is 11.3 Å². The summed E-state index contributed by atoms with van der Waals surface area (Å²) in [6, 6.07) is 15.9. The topological polar surface area (TPSA) is 54.5 Å². The first-order chi connectivity index (χ1) is 13.7. The van der Waals surface area contributed by atoms with E-state index in [9.17, 15) is 13.2 Å². The number of nitrogens with zero attached hydrogens (tertiary/aromatic N) is 3. The van der Waals surface area contributed by atoms with Crippen LogP contribution in [-0.2, 0) is 6.18 Å². The molecule has 0 atom stereocenters. The second kappa shape index (κ2) is 8.13. The van der Waals surface area contributed by atoms with Crippen LogP contribution in [0.1, 0.15) is 16.7 Å². The van der Waals surface area contributed by atoms with E-state index < -0.39 is 11.7 Å². The molecule has 0 aliphatic heterocycles. The second-order valence-corrected chi connectivity index (χ2v) is 6.99. The summed E-state index contributed by atoms with van der Waals surface area (Å²) in [5.74, 6) is 5.81. The van der Waals surface area contributed by atoms with Gasteiger partial charge in [0.05, 0.1) is 17.0 Å². The van der Waals surface area contributed by atoms with E-state index in [0.29, 0.717) is 21.9 Å². The normalized spacial score (nSPS) is 12.1. The average Bonchev–Trinajstić information content (AvgIpc) is 2.69. The van der Waals surface area contributed by atoms with E-state index in [1.54, 1.807) is 62.6 Å². The molecule has 8 heteroatoms. The molecule has 0 aliphatic rings. The van der Waals surface area contributed by atoms with Crippen LogP contribution >= 0.6 is 11.6 Å². The Bertz CT molecular complexity index is 1040. The molecule has 0 saturated heterocycles. The van der Waals surface area contributed by atoms with E-state index >= 15 is 0 Å². The molecule has 1 heterocycles. The van der Waals surface area contributed by atoms with Gasteiger partial charge in [0.25, 0.3) is 0 Å². The van der Waals surface area contributed by atoms with Gasteiger partial charge in [0.1, 0.15) is 5.82 Å². The van der Waals surface area contributed by atoms with E-state index in [0.717, 1.165) is 17.7 Å². The van der Waals surface area contributed by atoms with Crippen molar-refractivity contribution in [2.75, 3.05) is 19.0 Å². The molecule has 3 aromatic rings. The number of halogens is 4. The van der Waals surface area contributed by atoms with Crippen LogP contribution in [0.15, 0.2) is 65.8 Å². The summed E-state index contributed by atoms with van der Waals surface area (Å²) in [4.78, 5) is 5.90. The van der Waals surface area contributed by atoms with Crippen LogP contribution in [0, 0.1) is 0 Å². The van der Waals surface area contributed by atoms with E-state index in [2.05, 4.69) is 10.1 Å². The van der Waals surface area contributed by atoms with Crippen molar-refractivity contribution in [2.45, 2.75) is 6.18 Å². The maximum atomic E-state index is 13.4. The lowest BCUT2D eigenvalue weighted by molar-refractivity contribution is -0.137. The standard InChI is InChI=1S/C21H18ClF3N4/c1-29(2)19-12-16(21(23,24)25)11-18(27-19)14-4-3-5-15(10-14)20(28-26)13-6-8-17(22)9-7-13/h3-12H,26H2,1-2H3/b28-20-. The quantitative estimate of drug-likeness (QED) is 0.360. The van der Waals surface area contributed by atoms with Gasteiger partial charge in [-0.3, -0.25) is 0 Å². The van der Waals surface area contributed by atoms with Crippen LogP contribution in [0.3, 0.4) is 0 Å². The Kier molecular flexibility index (Phi) is 5.79. The fourth-order valence-electron chi connectivity index (χ4n) is 2.81. The molecule has 3 rings (SSSR count). The van der Waals surface area contributed by atoms with Crippen molar-refractivity contribution in [3.05, 3.63) is 82.4 Å². The maximum Gasteiger partial charge on any atom is 0.416 e. The minimum atomic E-state index is -4.48. The molecule has 0 unspecified atom stereocenters. The Balaban J connectivity index is 2.10. The first kappa shape index (κ1) is 20.7. The van der Waals surface area contributed by atoms with Gasteiger partial charge >= 0.3 is 6.18 Å². The lowest BCUT2D eigenvalue weighted by Crippen LogP contribution is -2.14. The molecule has 0 bridgehead atoms. The van der Waals surface area contributed by atoms with Crippen molar-refractivity contribution in [1.82, 2.24) is 4.98 Å². The first-order valence-electron chi connectivity index (χ1n) is 8.60. The Morgan fingerprint density at radius 2 is 1.69 bits per heavy atom. The molecule has 29 heavy (non-hydrogen) atoms. The van der Waals surface area contributed by atoms with Crippen molar-refractivity contribution in [3.63, 3.8) is 0 Å². The average molecular weight is 419 g/mol. The highest BCUT2D eigenvalue weighted by Crippen LogP contribution is 2.34. The second-order valence-electron chi connectivity index (χ2n) is 6.56. The monoisotopic (exact) mass is 418 g/mol. The third kappa shape index (κ3) is 4.68. The molecule has 2 aromatic carbocycles. The van der Waals surface area contributed by atoms with Crippen LogP contribution in [0.4, 0.5) is 19.0 Å². The highest BCUT2D eigenvalue weighted by atomic mass is 35.5. The summed E-state index contributed by atoms with van der Waals surface area (Å²) in [6.07, 6.45) is -4.48. The van der Waals surface area contributed by atoms with Crippen LogP contribution in [0.2, 0.25) is 5.02 Å². The number of hydrogen-bond acceptors (Lipinski definition) is 4. The fraction of sp³-hybridized carbons (Fsp3) is 0.143. The minimum absolute atomic E-state index is 0.206. The van der Waals surface area contributed by atoms with Gasteiger partial charge in [0, 0.05) is 35.8 Å². The summed E-state index contributed by atoms with van der Waals surface area (Å²) in [7, 11) is 3.28. The van der Waals surface area contributed by atoms with Crippen LogP contribution in [0.5, 0.6) is 0 Å². The van der Waals surface area contributed by atoms with Gasteiger partial charge in [0.2, 0.25) is 0 Å². The molecule has 150 valence electrons. The molecule has 4 nitrogen and oxygen atoms in total. The smallest absolute Gasteiger partial charge is 0.363 e.